The van der Waals surface area contributed by atoms with Crippen LogP contribution in [0.25, 0.3) is 0 Å². The Balaban J connectivity index is 1.08. The molecule has 1 aliphatic heterocycles. The van der Waals surface area contributed by atoms with E-state index < -0.39 is 24.6 Å². The van der Waals surface area contributed by atoms with Gasteiger partial charge in [0.2, 0.25) is 0 Å². The quantitative estimate of drug-likeness (QED) is 0.141. The van der Waals surface area contributed by atoms with E-state index in [4.69, 9.17) is 42.6 Å². The molecule has 1 aliphatic rings. The van der Waals surface area contributed by atoms with Crippen LogP contribution in [0, 0.1) is 0 Å². The second-order valence-electron chi connectivity index (χ2n) is 14.4. The molecule has 0 radical (unpaired) electrons. The average molecular weight is 707 g/mol. The van der Waals surface area contributed by atoms with Crippen LogP contribution in [0.5, 0.6) is 0 Å². The fourth-order valence-corrected chi connectivity index (χ4v) is 4.99. The number of benzene rings is 2. The summed E-state index contributed by atoms with van der Waals surface area (Å²) in [6.07, 6.45) is -3.94. The van der Waals surface area contributed by atoms with Crippen LogP contribution in [-0.2, 0) is 66.7 Å². The van der Waals surface area contributed by atoms with Crippen LogP contribution in [0.15, 0.2) is 48.5 Å². The molecule has 0 amide bonds. The molecule has 2 aromatic carbocycles. The van der Waals surface area contributed by atoms with Gasteiger partial charge in [-0.1, -0.05) is 90.1 Å². The van der Waals surface area contributed by atoms with Crippen molar-refractivity contribution in [3.05, 3.63) is 70.8 Å². The highest BCUT2D eigenvalue weighted by molar-refractivity contribution is 5.28. The zero-order valence-electron chi connectivity index (χ0n) is 31.1. The van der Waals surface area contributed by atoms with Crippen LogP contribution < -0.4 is 0 Å². The maximum absolute atomic E-state index is 10.3. The van der Waals surface area contributed by atoms with Crippen LogP contribution >= 0.6 is 0 Å². The summed E-state index contributed by atoms with van der Waals surface area (Å²) < 4.78 is 50.3. The first-order valence-electron chi connectivity index (χ1n) is 17.8. The Labute approximate surface area is 299 Å². The molecule has 4 atom stereocenters. The summed E-state index contributed by atoms with van der Waals surface area (Å²) in [6.45, 7) is 19.3. The van der Waals surface area contributed by atoms with E-state index in [0.29, 0.717) is 85.9 Å². The van der Waals surface area contributed by atoms with Gasteiger partial charge in [0.15, 0.2) is 6.29 Å². The lowest BCUT2D eigenvalue weighted by atomic mass is 9.87. The van der Waals surface area contributed by atoms with Gasteiger partial charge in [0.25, 0.3) is 0 Å². The van der Waals surface area contributed by atoms with Crippen molar-refractivity contribution >= 4 is 0 Å². The first kappa shape index (κ1) is 42.4. The average Bonchev–Trinajstić information content (AvgIpc) is 3.35. The third kappa shape index (κ3) is 16.6. The minimum Gasteiger partial charge on any atom is -0.387 e. The zero-order chi connectivity index (χ0) is 36.2. The summed E-state index contributed by atoms with van der Waals surface area (Å²) in [5.74, 6) is 0. The first-order chi connectivity index (χ1) is 23.9. The van der Waals surface area contributed by atoms with E-state index in [1.54, 1.807) is 0 Å². The number of hydrogen-bond donors (Lipinski definition) is 2. The minimum atomic E-state index is -1.17. The van der Waals surface area contributed by atoms with Gasteiger partial charge < -0.3 is 52.8 Å². The molecule has 0 aliphatic carbocycles. The van der Waals surface area contributed by atoms with E-state index in [2.05, 4.69) is 90.1 Å². The van der Waals surface area contributed by atoms with Gasteiger partial charge in [-0.2, -0.15) is 0 Å². The number of rotatable bonds is 25. The summed E-state index contributed by atoms with van der Waals surface area (Å²) in [7, 11) is 0. The molecule has 1 saturated heterocycles. The largest absolute Gasteiger partial charge is 0.387 e. The number of hydrogen-bond acceptors (Lipinski definition) is 11. The molecule has 0 bridgehead atoms. The summed E-state index contributed by atoms with van der Waals surface area (Å²) in [5.41, 5.74) is 5.17. The molecule has 4 unspecified atom stereocenters. The monoisotopic (exact) mass is 706 g/mol. The molecule has 2 aromatic rings. The topological polar surface area (TPSA) is 124 Å². The smallest absolute Gasteiger partial charge is 0.186 e. The second-order valence-corrected chi connectivity index (χ2v) is 14.4. The molecular weight excluding hydrogens is 644 g/mol. The molecule has 50 heavy (non-hydrogen) atoms. The van der Waals surface area contributed by atoms with E-state index in [1.165, 1.54) is 11.1 Å². The van der Waals surface area contributed by atoms with Crippen molar-refractivity contribution in [1.82, 2.24) is 0 Å². The highest BCUT2D eigenvalue weighted by Crippen LogP contribution is 2.24. The summed E-state index contributed by atoms with van der Waals surface area (Å²) in [4.78, 5) is 0. The van der Waals surface area contributed by atoms with Crippen molar-refractivity contribution in [2.24, 2.45) is 0 Å². The van der Waals surface area contributed by atoms with Crippen molar-refractivity contribution in [3.63, 3.8) is 0 Å². The molecule has 11 heteroatoms. The van der Waals surface area contributed by atoms with Crippen molar-refractivity contribution in [2.75, 3.05) is 85.9 Å². The van der Waals surface area contributed by atoms with E-state index in [-0.39, 0.29) is 24.0 Å². The molecule has 2 N–H and O–H groups in total. The van der Waals surface area contributed by atoms with Crippen molar-refractivity contribution in [2.45, 2.75) is 90.2 Å². The lowest BCUT2D eigenvalue weighted by Crippen LogP contribution is -2.35. The Morgan fingerprint density at radius 1 is 0.480 bits per heavy atom. The van der Waals surface area contributed by atoms with E-state index >= 15 is 0 Å². The van der Waals surface area contributed by atoms with E-state index in [0.717, 1.165) is 11.1 Å². The molecule has 1 heterocycles. The van der Waals surface area contributed by atoms with Gasteiger partial charge in [-0.3, -0.25) is 0 Å². The maximum Gasteiger partial charge on any atom is 0.186 e. The summed E-state index contributed by atoms with van der Waals surface area (Å²) in [6, 6.07) is 17.0. The van der Waals surface area contributed by atoms with Gasteiger partial charge in [-0.15, -0.1) is 0 Å². The van der Waals surface area contributed by atoms with Crippen LogP contribution in [-0.4, -0.2) is 121 Å². The minimum absolute atomic E-state index is 0.106. The van der Waals surface area contributed by atoms with Gasteiger partial charge in [0.1, 0.15) is 18.3 Å². The maximum atomic E-state index is 10.3. The second kappa shape index (κ2) is 22.8. The van der Waals surface area contributed by atoms with Crippen LogP contribution in [0.2, 0.25) is 0 Å². The van der Waals surface area contributed by atoms with Crippen molar-refractivity contribution in [3.8, 4) is 0 Å². The fraction of sp³-hybridized carbons (Fsp3) is 0.692. The molecule has 3 rings (SSSR count). The van der Waals surface area contributed by atoms with Gasteiger partial charge in [0.05, 0.1) is 99.1 Å². The highest BCUT2D eigenvalue weighted by atomic mass is 16.7. The van der Waals surface area contributed by atoms with Crippen LogP contribution in [0.1, 0.15) is 63.8 Å². The molecule has 1 fully saturated rings. The number of aliphatic hydroxyl groups excluding tert-OH is 2. The number of ether oxygens (including phenoxy) is 9. The summed E-state index contributed by atoms with van der Waals surface area (Å²) >= 11 is 0. The summed E-state index contributed by atoms with van der Waals surface area (Å²) in [5, 5.41) is 20.6. The third-order valence-electron chi connectivity index (χ3n) is 8.15. The normalized spacial score (nSPS) is 19.8. The number of aliphatic hydroxyl groups is 2. The standard InChI is InChI=1S/C39H62O11/c1-38(2,3)32-11-7-30(8-12-32)27-46-22-19-42-15-16-44-21-24-48-29-34-35(40)36(41)37(50-34)49-26-25-45-18-17-43-20-23-47-28-31-9-13-33(14-10-31)39(4,5)6/h7-14,34-37,40-41H,15-29H2,1-6H3. The molecular formula is C39H62O11. The van der Waals surface area contributed by atoms with Gasteiger partial charge >= 0.3 is 0 Å². The SMILES string of the molecule is CC(C)(C)c1ccc(COCCOCCOCCOCC2OC(OCCOCCOCCOCc3ccc(C(C)(C)C)cc3)C(O)C2O)cc1. The molecule has 0 saturated carbocycles. The fourth-order valence-electron chi connectivity index (χ4n) is 4.99. The Kier molecular flexibility index (Phi) is 19.4. The molecule has 284 valence electrons. The Bertz CT molecular complexity index is 1140. The van der Waals surface area contributed by atoms with Crippen LogP contribution in [0.3, 0.4) is 0 Å². The predicted molar refractivity (Wildman–Crippen MR) is 190 cm³/mol. The first-order valence-corrected chi connectivity index (χ1v) is 17.8. The van der Waals surface area contributed by atoms with E-state index in [9.17, 15) is 10.2 Å². The van der Waals surface area contributed by atoms with Crippen molar-refractivity contribution < 1.29 is 52.8 Å². The lowest BCUT2D eigenvalue weighted by molar-refractivity contribution is -0.178. The molecule has 11 nitrogen and oxygen atoms in total. The van der Waals surface area contributed by atoms with Gasteiger partial charge in [-0.05, 0) is 33.1 Å². The van der Waals surface area contributed by atoms with Crippen LogP contribution in [0.4, 0.5) is 0 Å². The Morgan fingerprint density at radius 2 is 0.840 bits per heavy atom. The van der Waals surface area contributed by atoms with E-state index in [1.807, 2.05) is 0 Å². The predicted octanol–water partition coefficient (Wildman–Crippen LogP) is 4.56. The molecule has 0 aromatic heterocycles. The van der Waals surface area contributed by atoms with Gasteiger partial charge in [0, 0.05) is 0 Å². The Hall–Kier alpha value is -2.00. The third-order valence-corrected chi connectivity index (χ3v) is 8.15. The molecule has 0 spiro atoms. The lowest BCUT2D eigenvalue weighted by Gasteiger charge is -2.19. The zero-order valence-corrected chi connectivity index (χ0v) is 31.1. The Morgan fingerprint density at radius 3 is 1.24 bits per heavy atom. The van der Waals surface area contributed by atoms with Crippen molar-refractivity contribution in [1.29, 1.82) is 0 Å². The highest BCUT2D eigenvalue weighted by Gasteiger charge is 2.43. The van der Waals surface area contributed by atoms with Gasteiger partial charge in [-0.25, -0.2) is 0 Å².